The molecule has 0 aromatic rings. The minimum Gasteiger partial charge on any atom is -0.310 e. The second-order valence-corrected chi connectivity index (χ2v) is 11.6. The van der Waals surface area contributed by atoms with Crippen LogP contribution in [0.4, 0.5) is 4.39 Å². The molecule has 3 saturated carbocycles. The summed E-state index contributed by atoms with van der Waals surface area (Å²) in [5.74, 6) is 7.71. The second kappa shape index (κ2) is 14.2. The van der Waals surface area contributed by atoms with Gasteiger partial charge in [0.05, 0.1) is 6.04 Å². The molecule has 1 saturated heterocycles. The van der Waals surface area contributed by atoms with Crippen LogP contribution in [0, 0.1) is 39.9 Å². The summed E-state index contributed by atoms with van der Waals surface area (Å²) in [6.45, 7) is 18.3. The number of fused-ring (bicyclic) bond motifs is 3. The fourth-order valence-corrected chi connectivity index (χ4v) is 8.33. The van der Waals surface area contributed by atoms with Gasteiger partial charge in [-0.2, -0.15) is 5.90 Å². The van der Waals surface area contributed by atoms with Gasteiger partial charge in [-0.05, 0) is 93.4 Å². The molecule has 4 N–H and O–H groups in total. The van der Waals surface area contributed by atoms with Crippen LogP contribution < -0.4 is 11.2 Å². The minimum atomic E-state index is -0.838. The lowest BCUT2D eigenvalue weighted by molar-refractivity contribution is -0.303. The van der Waals surface area contributed by atoms with E-state index in [0.29, 0.717) is 29.7 Å². The molecule has 0 spiro atoms. The van der Waals surface area contributed by atoms with Crippen molar-refractivity contribution in [1.82, 2.24) is 5.32 Å². The number of halogens is 1. The summed E-state index contributed by atoms with van der Waals surface area (Å²) in [7, 11) is 0. The van der Waals surface area contributed by atoms with E-state index < -0.39 is 6.17 Å². The molecule has 0 aromatic carbocycles. The Hall–Kier alpha value is -1.08. The van der Waals surface area contributed by atoms with Crippen LogP contribution in [0.15, 0.2) is 24.3 Å². The first-order chi connectivity index (χ1) is 17.2. The monoisotopic (exact) mass is 507 g/mol. The van der Waals surface area contributed by atoms with E-state index in [1.54, 1.807) is 5.57 Å². The number of nitrogens with two attached hydrogens (primary N) is 1. The summed E-state index contributed by atoms with van der Waals surface area (Å²) >= 11 is 0. The van der Waals surface area contributed by atoms with Gasteiger partial charge in [-0.25, -0.2) is 9.28 Å². The minimum absolute atomic E-state index is 0.164. The summed E-state index contributed by atoms with van der Waals surface area (Å²) in [6.07, 6.45) is 14.6. The molecule has 4 aliphatic rings. The molecule has 4 rings (SSSR count). The van der Waals surface area contributed by atoms with E-state index in [-0.39, 0.29) is 12.6 Å². The highest BCUT2D eigenvalue weighted by Gasteiger charge is 2.58. The summed E-state index contributed by atoms with van der Waals surface area (Å²) in [5.41, 5.74) is 3.39. The Kier molecular flexibility index (Phi) is 12.3. The van der Waals surface area contributed by atoms with E-state index in [1.807, 2.05) is 19.9 Å². The average molecular weight is 508 g/mol. The van der Waals surface area contributed by atoms with Crippen molar-refractivity contribution in [2.75, 3.05) is 13.2 Å². The number of hydrogen-bond acceptors (Lipinski definition) is 5. The first kappa shape index (κ1) is 31.1. The van der Waals surface area contributed by atoms with Crippen molar-refractivity contribution in [2.24, 2.45) is 40.4 Å². The standard InChI is InChI=1S/C23H37N.C5H11FN2O2.C2H6/c1-6-8-17-9-10-18-20-12-11-19(16(3)24)23(20,5)15-13-21(18)22(17,4)14-7-2;6-4-1-2-8-5(4)3-9-10-7;1-2/h6,8,18-21,24H,1,7,9-15H2,2-5H3;4-5,8H,1-3,7H2;1-2H3/b17-8-,24-16?;;. The normalized spacial score (nSPS) is 40.3. The lowest BCUT2D eigenvalue weighted by Crippen LogP contribution is -2.50. The third kappa shape index (κ3) is 6.48. The van der Waals surface area contributed by atoms with Crippen molar-refractivity contribution in [3.05, 3.63) is 24.3 Å². The summed E-state index contributed by atoms with van der Waals surface area (Å²) in [5, 5.41) is 11.2. The van der Waals surface area contributed by atoms with Crippen LogP contribution in [0.3, 0.4) is 0 Å². The predicted octanol–water partition coefficient (Wildman–Crippen LogP) is 7.33. The van der Waals surface area contributed by atoms with Crippen molar-refractivity contribution < 1.29 is 14.3 Å². The fourth-order valence-electron chi connectivity index (χ4n) is 8.33. The number of nitrogens with one attached hydrogen (secondary N) is 2. The molecule has 8 unspecified atom stereocenters. The highest BCUT2D eigenvalue weighted by molar-refractivity contribution is 5.82. The lowest BCUT2D eigenvalue weighted by atomic mass is 9.47. The van der Waals surface area contributed by atoms with Gasteiger partial charge in [-0.1, -0.05) is 65.3 Å². The van der Waals surface area contributed by atoms with Gasteiger partial charge in [-0.3, -0.25) is 0 Å². The van der Waals surface area contributed by atoms with Crippen molar-refractivity contribution in [3.63, 3.8) is 0 Å². The molecule has 36 heavy (non-hydrogen) atoms. The molecular formula is C30H54FN3O2. The third-order valence-electron chi connectivity index (χ3n) is 9.93. The molecule has 208 valence electrons. The highest BCUT2D eigenvalue weighted by atomic mass is 19.1. The zero-order valence-electron chi connectivity index (χ0n) is 23.9. The number of alkyl halides is 1. The topological polar surface area (TPSA) is 80.4 Å². The van der Waals surface area contributed by atoms with E-state index in [1.165, 1.54) is 51.4 Å². The molecule has 0 amide bonds. The zero-order chi connectivity index (χ0) is 26.9. The molecule has 3 aliphatic carbocycles. The van der Waals surface area contributed by atoms with Crippen LogP contribution in [-0.2, 0) is 9.88 Å². The number of hydrogen-bond donors (Lipinski definition) is 3. The van der Waals surface area contributed by atoms with Gasteiger partial charge in [0.25, 0.3) is 0 Å². The summed E-state index contributed by atoms with van der Waals surface area (Å²) in [6, 6.07) is -0.261. The first-order valence-corrected chi connectivity index (χ1v) is 14.5. The van der Waals surface area contributed by atoms with Gasteiger partial charge in [0, 0.05) is 11.6 Å². The van der Waals surface area contributed by atoms with Crippen molar-refractivity contribution >= 4 is 5.71 Å². The molecule has 0 radical (unpaired) electrons. The van der Waals surface area contributed by atoms with Crippen LogP contribution in [0.5, 0.6) is 0 Å². The van der Waals surface area contributed by atoms with Crippen LogP contribution in [0.2, 0.25) is 0 Å². The Balaban J connectivity index is 0.000000318. The van der Waals surface area contributed by atoms with Crippen LogP contribution in [0.1, 0.15) is 99.3 Å². The molecule has 0 aromatic heterocycles. The van der Waals surface area contributed by atoms with Gasteiger partial charge in [0.15, 0.2) is 0 Å². The quantitative estimate of drug-likeness (QED) is 0.191. The lowest BCUT2D eigenvalue weighted by Gasteiger charge is -2.57. The Morgan fingerprint density at radius 3 is 2.47 bits per heavy atom. The van der Waals surface area contributed by atoms with Gasteiger partial charge in [-0.15, -0.1) is 4.99 Å². The highest BCUT2D eigenvalue weighted by Crippen LogP contribution is 2.66. The van der Waals surface area contributed by atoms with Crippen molar-refractivity contribution in [3.8, 4) is 0 Å². The largest absolute Gasteiger partial charge is 0.310 e. The van der Waals surface area contributed by atoms with Gasteiger partial charge in [0.1, 0.15) is 12.8 Å². The van der Waals surface area contributed by atoms with E-state index in [2.05, 4.69) is 61.4 Å². The van der Waals surface area contributed by atoms with Crippen molar-refractivity contribution in [2.45, 2.75) is 112 Å². The maximum atomic E-state index is 12.7. The first-order valence-electron chi connectivity index (χ1n) is 14.5. The fraction of sp³-hybridized carbons (Fsp3) is 0.833. The zero-order valence-corrected chi connectivity index (χ0v) is 23.9. The van der Waals surface area contributed by atoms with Gasteiger partial charge >= 0.3 is 0 Å². The summed E-state index contributed by atoms with van der Waals surface area (Å²) < 4.78 is 12.7. The number of rotatable bonds is 7. The average Bonchev–Trinajstić information content (AvgIpc) is 3.43. The molecule has 5 nitrogen and oxygen atoms in total. The molecular weight excluding hydrogens is 453 g/mol. The van der Waals surface area contributed by atoms with Crippen LogP contribution in [-0.4, -0.2) is 31.1 Å². The Morgan fingerprint density at radius 2 is 1.92 bits per heavy atom. The molecule has 8 atom stereocenters. The maximum absolute atomic E-state index is 12.7. The Morgan fingerprint density at radius 1 is 1.19 bits per heavy atom. The molecule has 6 heteroatoms. The van der Waals surface area contributed by atoms with Crippen LogP contribution in [0.25, 0.3) is 0 Å². The second-order valence-electron chi connectivity index (χ2n) is 11.6. The molecule has 1 heterocycles. The van der Waals surface area contributed by atoms with Gasteiger partial charge < -0.3 is 10.7 Å². The van der Waals surface area contributed by atoms with E-state index in [9.17, 15) is 4.39 Å². The Bertz CT molecular complexity index is 744. The molecule has 4 fully saturated rings. The molecule has 1 aliphatic heterocycles. The molecule has 0 bridgehead atoms. The predicted molar refractivity (Wildman–Crippen MR) is 148 cm³/mol. The smallest absolute Gasteiger partial charge is 0.119 e. The Labute approximate surface area is 220 Å². The third-order valence-corrected chi connectivity index (χ3v) is 9.93. The SMILES string of the molecule is C=C/C=C1/CCC2C(CCC3(C)C(C(C)=N)CCC23)C1(C)CCC.CC.NOOCC1NCCC1F. The van der Waals surface area contributed by atoms with Crippen molar-refractivity contribution in [1.29, 1.82) is 5.41 Å². The van der Waals surface area contributed by atoms with E-state index >= 15 is 0 Å². The number of allylic oxidation sites excluding steroid dienone is 3. The van der Waals surface area contributed by atoms with E-state index in [4.69, 9.17) is 5.41 Å². The van der Waals surface area contributed by atoms with E-state index in [0.717, 1.165) is 23.5 Å². The maximum Gasteiger partial charge on any atom is 0.119 e. The summed E-state index contributed by atoms with van der Waals surface area (Å²) in [4.78, 5) is 8.21. The van der Waals surface area contributed by atoms with Crippen LogP contribution >= 0.6 is 0 Å². The van der Waals surface area contributed by atoms with Gasteiger partial charge in [0.2, 0.25) is 0 Å².